The van der Waals surface area contributed by atoms with Gasteiger partial charge in [-0.3, -0.25) is 4.57 Å². The molecule has 5 nitrogen and oxygen atoms in total. The lowest BCUT2D eigenvalue weighted by Crippen LogP contribution is -3.00. The number of benzene rings is 1. The van der Waals surface area contributed by atoms with Crippen LogP contribution in [-0.4, -0.2) is 9.79 Å². The first-order valence-corrected chi connectivity index (χ1v) is 9.36. The number of aromatic nitrogens is 2. The van der Waals surface area contributed by atoms with Crippen molar-refractivity contribution in [2.75, 3.05) is 0 Å². The zero-order valence-electron chi connectivity index (χ0n) is 14.3. The van der Waals surface area contributed by atoms with Crippen LogP contribution in [0.25, 0.3) is 16.8 Å². The van der Waals surface area contributed by atoms with Crippen LogP contribution in [-0.2, 0) is 4.57 Å². The van der Waals surface area contributed by atoms with Gasteiger partial charge in [-0.25, -0.2) is 4.39 Å². The number of halogens is 3. The quantitative estimate of drug-likeness (QED) is 0.337. The molecule has 0 aliphatic heterocycles. The molecule has 0 bridgehead atoms. The van der Waals surface area contributed by atoms with Crippen molar-refractivity contribution in [3.05, 3.63) is 79.1 Å². The summed E-state index contributed by atoms with van der Waals surface area (Å²) in [5, 5.41) is 0. The summed E-state index contributed by atoms with van der Waals surface area (Å²) in [5.74, 6) is -1.18. The normalized spacial score (nSPS) is 11.9. The van der Waals surface area contributed by atoms with Crippen molar-refractivity contribution in [3.8, 4) is 16.8 Å². The Labute approximate surface area is 169 Å². The van der Waals surface area contributed by atoms with Gasteiger partial charge in [-0.05, 0) is 23.3 Å². The fourth-order valence-corrected chi connectivity index (χ4v) is 2.96. The number of nitrogens with zero attached hydrogens (tertiary/aromatic N) is 2. The van der Waals surface area contributed by atoms with Gasteiger partial charge in [-0.2, -0.15) is 9.13 Å². The van der Waals surface area contributed by atoms with E-state index in [0.29, 0.717) is 0 Å². The lowest BCUT2D eigenvalue weighted by molar-refractivity contribution is -0.701. The third kappa shape index (κ3) is 5.58. The highest BCUT2D eigenvalue weighted by atomic mass is 35.5. The average molecular weight is 431 g/mol. The zero-order chi connectivity index (χ0) is 18.0. The minimum Gasteiger partial charge on any atom is -1.00 e. The fourth-order valence-electron chi connectivity index (χ4n) is 2.46. The third-order valence-corrected chi connectivity index (χ3v) is 5.30. The molecule has 2 heterocycles. The molecule has 1 atom stereocenters. The first kappa shape index (κ1) is 23.2. The van der Waals surface area contributed by atoms with Crippen molar-refractivity contribution >= 4 is 7.60 Å². The Morgan fingerprint density at radius 3 is 1.74 bits per heavy atom. The summed E-state index contributed by atoms with van der Waals surface area (Å²) in [4.78, 5) is 18.5. The molecule has 144 valence electrons. The minimum absolute atomic E-state index is 0. The molecule has 0 amide bonds. The Hall–Kier alpha value is -1.82. The molecule has 0 aliphatic carbocycles. The van der Waals surface area contributed by atoms with Gasteiger partial charge in [-0.1, -0.05) is 0 Å². The van der Waals surface area contributed by atoms with Crippen LogP contribution in [0.15, 0.2) is 73.3 Å². The molecular formula is C18H18Cl2FN2O3P. The summed E-state index contributed by atoms with van der Waals surface area (Å²) in [6.45, 7) is 1.48. The van der Waals surface area contributed by atoms with E-state index in [1.54, 1.807) is 24.5 Å². The smallest absolute Gasteiger partial charge is 0.392 e. The molecule has 0 aliphatic rings. The van der Waals surface area contributed by atoms with Crippen LogP contribution in [0, 0.1) is 5.82 Å². The molecule has 3 aromatic rings. The van der Waals surface area contributed by atoms with Crippen LogP contribution < -0.4 is 33.9 Å². The van der Waals surface area contributed by atoms with E-state index >= 15 is 0 Å². The van der Waals surface area contributed by atoms with Gasteiger partial charge in [0, 0.05) is 43.3 Å². The van der Waals surface area contributed by atoms with E-state index in [1.807, 2.05) is 41.2 Å². The van der Waals surface area contributed by atoms with E-state index in [-0.39, 0.29) is 30.6 Å². The number of rotatable bonds is 4. The van der Waals surface area contributed by atoms with E-state index < -0.39 is 13.4 Å². The molecule has 9 heteroatoms. The summed E-state index contributed by atoms with van der Waals surface area (Å²) in [5.41, 5.74) is 2.75. The van der Waals surface area contributed by atoms with Gasteiger partial charge >= 0.3 is 7.60 Å². The van der Waals surface area contributed by atoms with Crippen molar-refractivity contribution in [1.29, 1.82) is 0 Å². The minimum atomic E-state index is -4.18. The standard InChI is InChI=1S/C18H16FN2O3P.2ClH/c1-14(25(22,23)24)20-10-6-15(7-11-20)16-8-12-21(13-9-16)18-4-2-17(19)3-5-18;;/h2-14H,1H3;2*1H. The molecule has 0 saturated carbocycles. The van der Waals surface area contributed by atoms with Crippen molar-refractivity contribution in [3.63, 3.8) is 0 Å². The Kier molecular flexibility index (Phi) is 8.08. The van der Waals surface area contributed by atoms with Gasteiger partial charge in [0.15, 0.2) is 24.8 Å². The molecule has 2 aromatic heterocycles. The van der Waals surface area contributed by atoms with Gasteiger partial charge in [0.05, 0.1) is 0 Å². The highest BCUT2D eigenvalue weighted by Gasteiger charge is 2.32. The van der Waals surface area contributed by atoms with Crippen LogP contribution in [0.2, 0.25) is 0 Å². The molecule has 0 fully saturated rings. The molecule has 27 heavy (non-hydrogen) atoms. The van der Waals surface area contributed by atoms with Gasteiger partial charge in [-0.15, -0.1) is 0 Å². The second-order valence-electron chi connectivity index (χ2n) is 5.73. The van der Waals surface area contributed by atoms with Crippen LogP contribution in [0.5, 0.6) is 0 Å². The lowest BCUT2D eigenvalue weighted by atomic mass is 10.1. The SMILES string of the molecule is CC([n+]1ccc(-c2cc[n+](-c3ccc(F)cc3)cc2)cc1)P(=O)(O)O.[Cl-].[Cl-]. The maximum Gasteiger partial charge on any atom is 0.392 e. The van der Waals surface area contributed by atoms with E-state index in [0.717, 1.165) is 16.8 Å². The summed E-state index contributed by atoms with van der Waals surface area (Å²) in [6, 6.07) is 13.7. The van der Waals surface area contributed by atoms with Gasteiger partial charge < -0.3 is 34.6 Å². The maximum atomic E-state index is 13.0. The van der Waals surface area contributed by atoms with Gasteiger partial charge in [0.25, 0.3) is 5.78 Å². The summed E-state index contributed by atoms with van der Waals surface area (Å²) >= 11 is 0. The molecule has 1 unspecified atom stereocenters. The Morgan fingerprint density at radius 2 is 1.30 bits per heavy atom. The first-order valence-electron chi connectivity index (χ1n) is 7.68. The Morgan fingerprint density at radius 1 is 0.852 bits per heavy atom. The topological polar surface area (TPSA) is 65.3 Å². The van der Waals surface area contributed by atoms with Crippen LogP contribution in [0.1, 0.15) is 12.7 Å². The van der Waals surface area contributed by atoms with Crippen molar-refractivity contribution in [2.24, 2.45) is 0 Å². The fraction of sp³-hybridized carbons (Fsp3) is 0.111. The molecule has 2 N–H and O–H groups in total. The molecule has 0 radical (unpaired) electrons. The van der Waals surface area contributed by atoms with Gasteiger partial charge in [0.1, 0.15) is 5.82 Å². The second kappa shape index (κ2) is 9.40. The number of hydrogen-bond acceptors (Lipinski definition) is 1. The van der Waals surface area contributed by atoms with Crippen LogP contribution in [0.3, 0.4) is 0 Å². The lowest BCUT2D eigenvalue weighted by Gasteiger charge is -2.09. The van der Waals surface area contributed by atoms with Crippen LogP contribution >= 0.6 is 7.60 Å². The Bertz CT molecular complexity index is 917. The summed E-state index contributed by atoms with van der Waals surface area (Å²) < 4.78 is 27.7. The van der Waals surface area contributed by atoms with Crippen molar-refractivity contribution in [1.82, 2.24) is 0 Å². The molecular weight excluding hydrogens is 413 g/mol. The predicted octanol–water partition coefficient (Wildman–Crippen LogP) is -3.24. The number of hydrogen-bond donors (Lipinski definition) is 2. The average Bonchev–Trinajstić information content (AvgIpc) is 2.61. The summed E-state index contributed by atoms with van der Waals surface area (Å²) in [7, 11) is -4.18. The van der Waals surface area contributed by atoms with Crippen molar-refractivity contribution in [2.45, 2.75) is 12.7 Å². The zero-order valence-corrected chi connectivity index (χ0v) is 16.7. The molecule has 3 rings (SSSR count). The first-order chi connectivity index (χ1) is 11.8. The number of pyridine rings is 2. The van der Waals surface area contributed by atoms with Crippen LogP contribution in [0.4, 0.5) is 4.39 Å². The Balaban J connectivity index is 0.00000182. The van der Waals surface area contributed by atoms with Gasteiger partial charge in [0.2, 0.25) is 5.69 Å². The van der Waals surface area contributed by atoms with E-state index in [2.05, 4.69) is 0 Å². The molecule has 0 spiro atoms. The second-order valence-corrected chi connectivity index (χ2v) is 7.65. The third-order valence-electron chi connectivity index (χ3n) is 4.06. The molecule has 0 saturated heterocycles. The summed E-state index contributed by atoms with van der Waals surface area (Å²) in [6.07, 6.45) is 7.06. The van der Waals surface area contributed by atoms with E-state index in [4.69, 9.17) is 0 Å². The predicted molar refractivity (Wildman–Crippen MR) is 90.3 cm³/mol. The maximum absolute atomic E-state index is 13.0. The highest BCUT2D eigenvalue weighted by molar-refractivity contribution is 7.51. The van der Waals surface area contributed by atoms with Crippen molar-refractivity contribution < 1.29 is 52.7 Å². The van der Waals surface area contributed by atoms with E-state index in [1.165, 1.54) is 23.6 Å². The van der Waals surface area contributed by atoms with E-state index in [9.17, 15) is 18.7 Å². The molecule has 1 aromatic carbocycles. The highest BCUT2D eigenvalue weighted by Crippen LogP contribution is 2.45. The monoisotopic (exact) mass is 430 g/mol. The largest absolute Gasteiger partial charge is 1.00 e.